The van der Waals surface area contributed by atoms with E-state index in [0.29, 0.717) is 12.6 Å². The number of unbranched alkanes of at least 4 members (excludes halogenated alkanes) is 2. The molecule has 0 saturated heterocycles. The normalized spacial score (nSPS) is 17.8. The largest absolute Gasteiger partial charge is 0.396 e. The quantitative estimate of drug-likeness (QED) is 0.601. The Kier molecular flexibility index (Phi) is 6.98. The van der Waals surface area contributed by atoms with Crippen molar-refractivity contribution in [2.45, 2.75) is 51.0 Å². The molecule has 0 heterocycles. The molecule has 0 bridgehead atoms. The molecule has 0 aromatic rings. The Morgan fingerprint density at radius 2 is 1.60 bits per heavy atom. The Morgan fingerprint density at radius 3 is 2.20 bits per heavy atom. The monoisotopic (exact) mass is 215 g/mol. The average Bonchev–Trinajstić information content (AvgIpc) is 2.76. The first-order valence-electron chi connectivity index (χ1n) is 6.34. The molecule has 0 radical (unpaired) electrons. The Morgan fingerprint density at radius 1 is 0.867 bits per heavy atom. The van der Waals surface area contributed by atoms with Crippen molar-refractivity contribution in [3.63, 3.8) is 0 Å². The van der Waals surface area contributed by atoms with Crippen LogP contribution in [0.3, 0.4) is 0 Å². The van der Waals surface area contributed by atoms with Crippen LogP contribution in [0.25, 0.3) is 0 Å². The van der Waals surface area contributed by atoms with Gasteiger partial charge in [0, 0.05) is 19.2 Å². The number of hydrogen-bond acceptors (Lipinski definition) is 3. The van der Waals surface area contributed by atoms with E-state index in [1.54, 1.807) is 0 Å². The fourth-order valence-electron chi connectivity index (χ4n) is 2.48. The second-order valence-electron chi connectivity index (χ2n) is 4.48. The van der Waals surface area contributed by atoms with Gasteiger partial charge in [-0.15, -0.1) is 0 Å². The van der Waals surface area contributed by atoms with Gasteiger partial charge in [0.15, 0.2) is 0 Å². The highest BCUT2D eigenvalue weighted by molar-refractivity contribution is 4.77. The maximum Gasteiger partial charge on any atom is 0.0558 e. The topological polar surface area (TPSA) is 43.7 Å². The van der Waals surface area contributed by atoms with Crippen molar-refractivity contribution in [2.75, 3.05) is 26.3 Å². The molecule has 0 atom stereocenters. The van der Waals surface area contributed by atoms with Gasteiger partial charge < -0.3 is 10.2 Å². The van der Waals surface area contributed by atoms with Crippen LogP contribution in [0, 0.1) is 0 Å². The smallest absolute Gasteiger partial charge is 0.0558 e. The van der Waals surface area contributed by atoms with E-state index in [0.717, 1.165) is 32.4 Å². The van der Waals surface area contributed by atoms with E-state index in [4.69, 9.17) is 10.2 Å². The highest BCUT2D eigenvalue weighted by Gasteiger charge is 2.21. The fraction of sp³-hybridized carbons (Fsp3) is 1.00. The standard InChI is InChI=1S/C12H25NO2/c14-10-5-1-4-8-13(9-11-15)12-6-2-3-7-12/h12,14-15H,1-11H2. The maximum atomic E-state index is 9.02. The summed E-state index contributed by atoms with van der Waals surface area (Å²) >= 11 is 0. The van der Waals surface area contributed by atoms with Crippen LogP contribution in [-0.4, -0.2) is 47.5 Å². The summed E-state index contributed by atoms with van der Waals surface area (Å²) in [5, 5.41) is 17.7. The molecule has 0 aromatic carbocycles. The molecule has 3 nitrogen and oxygen atoms in total. The number of rotatable bonds is 8. The highest BCUT2D eigenvalue weighted by atomic mass is 16.3. The molecule has 1 aliphatic rings. The molecule has 2 N–H and O–H groups in total. The summed E-state index contributed by atoms with van der Waals surface area (Å²) in [5.74, 6) is 0. The van der Waals surface area contributed by atoms with Gasteiger partial charge in [0.25, 0.3) is 0 Å². The van der Waals surface area contributed by atoms with Gasteiger partial charge in [-0.2, -0.15) is 0 Å². The van der Waals surface area contributed by atoms with Crippen LogP contribution < -0.4 is 0 Å². The Balaban J connectivity index is 2.17. The SMILES string of the molecule is OCCCCCN(CCO)C1CCCC1. The van der Waals surface area contributed by atoms with E-state index >= 15 is 0 Å². The van der Waals surface area contributed by atoms with E-state index < -0.39 is 0 Å². The number of aliphatic hydroxyl groups excluding tert-OH is 2. The van der Waals surface area contributed by atoms with Crippen molar-refractivity contribution in [3.05, 3.63) is 0 Å². The molecule has 3 heteroatoms. The second-order valence-corrected chi connectivity index (χ2v) is 4.48. The molecule has 1 fully saturated rings. The summed E-state index contributed by atoms with van der Waals surface area (Å²) in [6, 6.07) is 0.714. The van der Waals surface area contributed by atoms with Gasteiger partial charge in [0.05, 0.1) is 6.61 Å². The zero-order valence-corrected chi connectivity index (χ0v) is 9.70. The summed E-state index contributed by atoms with van der Waals surface area (Å²) in [5.41, 5.74) is 0. The first-order chi connectivity index (χ1) is 7.38. The molecule has 0 aromatic heterocycles. The van der Waals surface area contributed by atoms with Crippen molar-refractivity contribution in [1.29, 1.82) is 0 Å². The predicted molar refractivity (Wildman–Crippen MR) is 61.9 cm³/mol. The van der Waals surface area contributed by atoms with E-state index in [-0.39, 0.29) is 6.61 Å². The lowest BCUT2D eigenvalue weighted by Crippen LogP contribution is -2.36. The van der Waals surface area contributed by atoms with Crippen molar-refractivity contribution in [1.82, 2.24) is 4.90 Å². The zero-order chi connectivity index (χ0) is 10.9. The second kappa shape index (κ2) is 8.08. The lowest BCUT2D eigenvalue weighted by molar-refractivity contribution is 0.148. The Labute approximate surface area is 93.1 Å². The van der Waals surface area contributed by atoms with E-state index in [2.05, 4.69) is 4.90 Å². The zero-order valence-electron chi connectivity index (χ0n) is 9.70. The average molecular weight is 215 g/mol. The summed E-state index contributed by atoms with van der Waals surface area (Å²) in [4.78, 5) is 2.43. The summed E-state index contributed by atoms with van der Waals surface area (Å²) in [6.07, 6.45) is 8.48. The van der Waals surface area contributed by atoms with Crippen LogP contribution in [0.15, 0.2) is 0 Å². The Hall–Kier alpha value is -0.120. The van der Waals surface area contributed by atoms with Gasteiger partial charge in [-0.1, -0.05) is 12.8 Å². The molecule has 1 aliphatic carbocycles. The molecule has 1 saturated carbocycles. The summed E-state index contributed by atoms with van der Waals surface area (Å²) < 4.78 is 0. The molecule has 0 aliphatic heterocycles. The molecule has 90 valence electrons. The van der Waals surface area contributed by atoms with Crippen LogP contribution >= 0.6 is 0 Å². The van der Waals surface area contributed by atoms with Gasteiger partial charge in [0.2, 0.25) is 0 Å². The van der Waals surface area contributed by atoms with Crippen LogP contribution in [0.4, 0.5) is 0 Å². The minimum absolute atomic E-state index is 0.274. The molecule has 0 spiro atoms. The van der Waals surface area contributed by atoms with Crippen LogP contribution in [-0.2, 0) is 0 Å². The molecule has 0 unspecified atom stereocenters. The van der Waals surface area contributed by atoms with Crippen molar-refractivity contribution in [3.8, 4) is 0 Å². The summed E-state index contributed by atoms with van der Waals surface area (Å²) in [6.45, 7) is 2.49. The van der Waals surface area contributed by atoms with E-state index in [1.165, 1.54) is 25.7 Å². The summed E-state index contributed by atoms with van der Waals surface area (Å²) in [7, 11) is 0. The predicted octanol–water partition coefficient (Wildman–Crippen LogP) is 1.39. The van der Waals surface area contributed by atoms with Gasteiger partial charge in [-0.25, -0.2) is 0 Å². The third kappa shape index (κ3) is 4.96. The fourth-order valence-corrected chi connectivity index (χ4v) is 2.48. The van der Waals surface area contributed by atoms with E-state index in [1.807, 2.05) is 0 Å². The highest BCUT2D eigenvalue weighted by Crippen LogP contribution is 2.23. The third-order valence-corrected chi connectivity index (χ3v) is 3.33. The Bertz CT molecular complexity index is 147. The number of aliphatic hydroxyl groups is 2. The van der Waals surface area contributed by atoms with Crippen LogP contribution in [0.2, 0.25) is 0 Å². The number of nitrogens with zero attached hydrogens (tertiary/aromatic N) is 1. The van der Waals surface area contributed by atoms with Gasteiger partial charge in [0.1, 0.15) is 0 Å². The minimum Gasteiger partial charge on any atom is -0.396 e. The van der Waals surface area contributed by atoms with Crippen molar-refractivity contribution in [2.24, 2.45) is 0 Å². The molecule has 0 amide bonds. The lowest BCUT2D eigenvalue weighted by Gasteiger charge is -2.27. The molecular formula is C12H25NO2. The van der Waals surface area contributed by atoms with Crippen LogP contribution in [0.1, 0.15) is 44.9 Å². The molecule has 15 heavy (non-hydrogen) atoms. The number of hydrogen-bond donors (Lipinski definition) is 2. The van der Waals surface area contributed by atoms with E-state index in [9.17, 15) is 0 Å². The first-order valence-corrected chi connectivity index (χ1v) is 6.34. The van der Waals surface area contributed by atoms with Crippen molar-refractivity contribution < 1.29 is 10.2 Å². The third-order valence-electron chi connectivity index (χ3n) is 3.33. The molecule has 1 rings (SSSR count). The minimum atomic E-state index is 0.274. The van der Waals surface area contributed by atoms with Crippen molar-refractivity contribution >= 4 is 0 Å². The van der Waals surface area contributed by atoms with Crippen LogP contribution in [0.5, 0.6) is 0 Å². The van der Waals surface area contributed by atoms with Gasteiger partial charge in [-0.05, 0) is 38.6 Å². The maximum absolute atomic E-state index is 9.02. The van der Waals surface area contributed by atoms with Gasteiger partial charge >= 0.3 is 0 Å². The lowest BCUT2D eigenvalue weighted by atomic mass is 10.1. The first kappa shape index (κ1) is 12.9. The van der Waals surface area contributed by atoms with Gasteiger partial charge in [-0.3, -0.25) is 4.90 Å². The molecular weight excluding hydrogens is 190 g/mol.